The second kappa shape index (κ2) is 6.25. The molecule has 1 rings (SSSR count). The average molecular weight is 205 g/mol. The van der Waals surface area contributed by atoms with Crippen LogP contribution in [0.1, 0.15) is 25.5 Å². The van der Waals surface area contributed by atoms with E-state index in [9.17, 15) is 0 Å². The second-order valence-electron chi connectivity index (χ2n) is 3.47. The summed E-state index contributed by atoms with van der Waals surface area (Å²) in [6.45, 7) is 5.09. The van der Waals surface area contributed by atoms with Crippen LogP contribution in [-0.2, 0) is 0 Å². The Hall–Kier alpha value is -1.28. The summed E-state index contributed by atoms with van der Waals surface area (Å²) in [4.78, 5) is 0. The quantitative estimate of drug-likeness (QED) is 0.746. The average Bonchev–Trinajstić information content (AvgIpc) is 2.29. The molecule has 82 valence electrons. The fourth-order valence-electron chi connectivity index (χ4n) is 1.37. The zero-order valence-corrected chi connectivity index (χ0v) is 9.66. The van der Waals surface area contributed by atoms with Crippen molar-refractivity contribution in [2.24, 2.45) is 0 Å². The van der Waals surface area contributed by atoms with Crippen molar-refractivity contribution in [1.29, 1.82) is 0 Å². The van der Waals surface area contributed by atoms with Crippen molar-refractivity contribution in [2.75, 3.05) is 13.7 Å². The van der Waals surface area contributed by atoms with Crippen LogP contribution in [-0.4, -0.2) is 13.7 Å². The summed E-state index contributed by atoms with van der Waals surface area (Å²) in [5, 5.41) is 3.41. The van der Waals surface area contributed by atoms with Crippen molar-refractivity contribution in [2.45, 2.75) is 19.9 Å². The van der Waals surface area contributed by atoms with Crippen LogP contribution in [0.2, 0.25) is 0 Å². The molecule has 1 N–H and O–H groups in total. The zero-order chi connectivity index (χ0) is 11.1. The molecule has 2 heteroatoms. The Morgan fingerprint density at radius 1 is 1.33 bits per heavy atom. The Morgan fingerprint density at radius 3 is 2.53 bits per heavy atom. The summed E-state index contributed by atoms with van der Waals surface area (Å²) in [6, 6.07) is 8.53. The molecule has 1 atom stereocenters. The predicted molar refractivity (Wildman–Crippen MR) is 64.2 cm³/mol. The van der Waals surface area contributed by atoms with Crippen molar-refractivity contribution in [3.05, 3.63) is 42.0 Å². The minimum atomic E-state index is 0.368. The molecule has 0 radical (unpaired) electrons. The molecule has 0 bridgehead atoms. The number of methoxy groups -OCH3 is 1. The molecular formula is C13H19NO. The van der Waals surface area contributed by atoms with Gasteiger partial charge in [-0.05, 0) is 31.5 Å². The highest BCUT2D eigenvalue weighted by Gasteiger charge is 2.02. The molecule has 0 aliphatic carbocycles. The van der Waals surface area contributed by atoms with Crippen LogP contribution < -0.4 is 10.1 Å². The zero-order valence-electron chi connectivity index (χ0n) is 9.66. The number of hydrogen-bond donors (Lipinski definition) is 1. The molecule has 0 aromatic heterocycles. The molecule has 0 aliphatic heterocycles. The molecule has 0 saturated heterocycles. The first-order chi connectivity index (χ1) is 7.27. The number of nitrogens with one attached hydrogen (secondary N) is 1. The molecule has 0 saturated carbocycles. The van der Waals surface area contributed by atoms with Crippen molar-refractivity contribution in [3.63, 3.8) is 0 Å². The first-order valence-electron chi connectivity index (χ1n) is 5.26. The highest BCUT2D eigenvalue weighted by Crippen LogP contribution is 2.16. The third-order valence-corrected chi connectivity index (χ3v) is 2.39. The van der Waals surface area contributed by atoms with E-state index < -0.39 is 0 Å². The van der Waals surface area contributed by atoms with Crippen LogP contribution in [0.4, 0.5) is 0 Å². The lowest BCUT2D eigenvalue weighted by Crippen LogP contribution is -2.18. The van der Waals surface area contributed by atoms with Gasteiger partial charge in [-0.15, -0.1) is 0 Å². The van der Waals surface area contributed by atoms with E-state index in [1.54, 1.807) is 7.11 Å². The molecule has 0 spiro atoms. The number of allylic oxidation sites excluding steroid dienone is 1. The SMILES string of the molecule is C/C=C/CNC(C)c1ccc(OC)cc1. The lowest BCUT2D eigenvalue weighted by atomic mass is 10.1. The van der Waals surface area contributed by atoms with Gasteiger partial charge in [0.25, 0.3) is 0 Å². The van der Waals surface area contributed by atoms with Gasteiger partial charge in [-0.3, -0.25) is 0 Å². The minimum absolute atomic E-state index is 0.368. The van der Waals surface area contributed by atoms with Crippen LogP contribution in [0.25, 0.3) is 0 Å². The van der Waals surface area contributed by atoms with E-state index in [4.69, 9.17) is 4.74 Å². The summed E-state index contributed by atoms with van der Waals surface area (Å²) in [5.74, 6) is 0.902. The molecule has 0 amide bonds. The monoisotopic (exact) mass is 205 g/mol. The van der Waals surface area contributed by atoms with Crippen LogP contribution in [0, 0.1) is 0 Å². The van der Waals surface area contributed by atoms with E-state index in [-0.39, 0.29) is 0 Å². The van der Waals surface area contributed by atoms with Crippen LogP contribution >= 0.6 is 0 Å². The third kappa shape index (κ3) is 3.76. The highest BCUT2D eigenvalue weighted by molar-refractivity contribution is 5.28. The number of rotatable bonds is 5. The number of ether oxygens (including phenoxy) is 1. The van der Waals surface area contributed by atoms with E-state index in [2.05, 4.69) is 30.4 Å². The van der Waals surface area contributed by atoms with Crippen LogP contribution in [0.3, 0.4) is 0 Å². The van der Waals surface area contributed by atoms with Gasteiger partial charge < -0.3 is 10.1 Å². The Bertz CT molecular complexity index is 303. The van der Waals surface area contributed by atoms with E-state index in [0.717, 1.165) is 12.3 Å². The Kier molecular flexibility index (Phi) is 4.91. The fraction of sp³-hybridized carbons (Fsp3) is 0.385. The maximum absolute atomic E-state index is 5.12. The van der Waals surface area contributed by atoms with Gasteiger partial charge in [0.15, 0.2) is 0 Å². The van der Waals surface area contributed by atoms with Gasteiger partial charge >= 0.3 is 0 Å². The van der Waals surface area contributed by atoms with Crippen molar-refractivity contribution >= 4 is 0 Å². The van der Waals surface area contributed by atoms with E-state index >= 15 is 0 Å². The third-order valence-electron chi connectivity index (χ3n) is 2.39. The van der Waals surface area contributed by atoms with Gasteiger partial charge in [0.05, 0.1) is 7.11 Å². The molecule has 1 unspecified atom stereocenters. The van der Waals surface area contributed by atoms with Crippen molar-refractivity contribution < 1.29 is 4.74 Å². The van der Waals surface area contributed by atoms with Gasteiger partial charge in [-0.2, -0.15) is 0 Å². The second-order valence-corrected chi connectivity index (χ2v) is 3.47. The normalized spacial score (nSPS) is 13.0. The van der Waals surface area contributed by atoms with Crippen LogP contribution in [0.5, 0.6) is 5.75 Å². The maximum atomic E-state index is 5.12. The summed E-state index contributed by atoms with van der Waals surface area (Å²) >= 11 is 0. The van der Waals surface area contributed by atoms with E-state index in [0.29, 0.717) is 6.04 Å². The minimum Gasteiger partial charge on any atom is -0.497 e. The fourth-order valence-corrected chi connectivity index (χ4v) is 1.37. The Labute approximate surface area is 92.0 Å². The predicted octanol–water partition coefficient (Wildman–Crippen LogP) is 2.92. The maximum Gasteiger partial charge on any atom is 0.118 e. The first kappa shape index (κ1) is 11.8. The van der Waals surface area contributed by atoms with Crippen LogP contribution in [0.15, 0.2) is 36.4 Å². The lowest BCUT2D eigenvalue weighted by Gasteiger charge is -2.13. The summed E-state index contributed by atoms with van der Waals surface area (Å²) in [7, 11) is 1.68. The van der Waals surface area contributed by atoms with Crippen molar-refractivity contribution in [1.82, 2.24) is 5.32 Å². The van der Waals surface area contributed by atoms with Crippen molar-refractivity contribution in [3.8, 4) is 5.75 Å². The Morgan fingerprint density at radius 2 is 2.00 bits per heavy atom. The number of hydrogen-bond acceptors (Lipinski definition) is 2. The topological polar surface area (TPSA) is 21.3 Å². The largest absolute Gasteiger partial charge is 0.497 e. The molecule has 15 heavy (non-hydrogen) atoms. The molecule has 0 aliphatic rings. The van der Waals surface area contributed by atoms with E-state index in [1.165, 1.54) is 5.56 Å². The summed E-state index contributed by atoms with van der Waals surface area (Å²) in [6.07, 6.45) is 4.16. The molecule has 0 fully saturated rings. The summed E-state index contributed by atoms with van der Waals surface area (Å²) < 4.78 is 5.12. The molecule has 2 nitrogen and oxygen atoms in total. The van der Waals surface area contributed by atoms with E-state index in [1.807, 2.05) is 25.1 Å². The van der Waals surface area contributed by atoms with Gasteiger partial charge in [0.2, 0.25) is 0 Å². The standard InChI is InChI=1S/C13H19NO/c1-4-5-10-14-11(2)12-6-8-13(15-3)9-7-12/h4-9,11,14H,10H2,1-3H3/b5-4+. The molecule has 1 aromatic carbocycles. The Balaban J connectivity index is 2.53. The molecule has 1 aromatic rings. The highest BCUT2D eigenvalue weighted by atomic mass is 16.5. The molecule has 0 heterocycles. The lowest BCUT2D eigenvalue weighted by molar-refractivity contribution is 0.414. The van der Waals surface area contributed by atoms with Gasteiger partial charge in [-0.1, -0.05) is 24.3 Å². The summed E-state index contributed by atoms with van der Waals surface area (Å²) in [5.41, 5.74) is 1.28. The smallest absolute Gasteiger partial charge is 0.118 e. The van der Waals surface area contributed by atoms with Gasteiger partial charge in [0, 0.05) is 12.6 Å². The number of benzene rings is 1. The first-order valence-corrected chi connectivity index (χ1v) is 5.26. The van der Waals surface area contributed by atoms with Gasteiger partial charge in [-0.25, -0.2) is 0 Å². The molecular weight excluding hydrogens is 186 g/mol. The van der Waals surface area contributed by atoms with Gasteiger partial charge in [0.1, 0.15) is 5.75 Å².